The van der Waals surface area contributed by atoms with Gasteiger partial charge in [-0.05, 0) is 42.4 Å². The molecule has 2 aromatic carbocycles. The van der Waals surface area contributed by atoms with Gasteiger partial charge in [-0.1, -0.05) is 24.3 Å². The molecule has 1 unspecified atom stereocenters. The molecule has 0 aliphatic carbocycles. The average molecular weight is 336 g/mol. The van der Waals surface area contributed by atoms with Crippen LogP contribution in [0.15, 0.2) is 60.9 Å². The van der Waals surface area contributed by atoms with Crippen molar-refractivity contribution in [2.75, 3.05) is 19.5 Å². The van der Waals surface area contributed by atoms with Gasteiger partial charge in [0.2, 0.25) is 5.91 Å². The maximum Gasteiger partial charge on any atom is 0.246 e. The SMILES string of the molecule is CNC(C(=O)Nc1ccc(-c2cn[nH]c2)cc1)c1ccc(OC)cc1. The van der Waals surface area contributed by atoms with Crippen LogP contribution in [-0.4, -0.2) is 30.3 Å². The molecule has 128 valence electrons. The summed E-state index contributed by atoms with van der Waals surface area (Å²) in [4.78, 5) is 12.6. The summed E-state index contributed by atoms with van der Waals surface area (Å²) < 4.78 is 5.15. The van der Waals surface area contributed by atoms with Gasteiger partial charge in [0.15, 0.2) is 0 Å². The highest BCUT2D eigenvalue weighted by molar-refractivity contribution is 5.95. The number of carbonyl (C=O) groups excluding carboxylic acids is 1. The molecular weight excluding hydrogens is 316 g/mol. The smallest absolute Gasteiger partial charge is 0.246 e. The van der Waals surface area contributed by atoms with Crippen LogP contribution in [-0.2, 0) is 4.79 Å². The first-order chi connectivity index (χ1) is 12.2. The zero-order valence-electron chi connectivity index (χ0n) is 14.1. The van der Waals surface area contributed by atoms with E-state index in [9.17, 15) is 4.79 Å². The number of anilines is 1. The topological polar surface area (TPSA) is 79.0 Å². The Morgan fingerprint density at radius 2 is 1.80 bits per heavy atom. The maximum absolute atomic E-state index is 12.6. The van der Waals surface area contributed by atoms with Crippen molar-refractivity contribution < 1.29 is 9.53 Å². The molecule has 0 spiro atoms. The first-order valence-electron chi connectivity index (χ1n) is 7.92. The third-order valence-corrected chi connectivity index (χ3v) is 3.98. The van der Waals surface area contributed by atoms with Crippen molar-refractivity contribution in [3.05, 3.63) is 66.5 Å². The second-order valence-corrected chi connectivity index (χ2v) is 5.55. The molecule has 0 radical (unpaired) electrons. The van der Waals surface area contributed by atoms with Crippen LogP contribution in [0, 0.1) is 0 Å². The third kappa shape index (κ3) is 3.87. The number of nitrogens with one attached hydrogen (secondary N) is 3. The van der Waals surface area contributed by atoms with Gasteiger partial charge >= 0.3 is 0 Å². The van der Waals surface area contributed by atoms with Gasteiger partial charge in [-0.15, -0.1) is 0 Å². The summed E-state index contributed by atoms with van der Waals surface area (Å²) in [5.74, 6) is 0.637. The summed E-state index contributed by atoms with van der Waals surface area (Å²) in [6.07, 6.45) is 3.59. The van der Waals surface area contributed by atoms with Gasteiger partial charge in [0, 0.05) is 17.4 Å². The van der Waals surface area contributed by atoms with Gasteiger partial charge in [0.25, 0.3) is 0 Å². The van der Waals surface area contributed by atoms with Crippen molar-refractivity contribution >= 4 is 11.6 Å². The molecule has 0 fully saturated rings. The average Bonchev–Trinajstić information content (AvgIpc) is 3.18. The Bertz CT molecular complexity index is 812. The van der Waals surface area contributed by atoms with Crippen molar-refractivity contribution in [1.29, 1.82) is 0 Å². The van der Waals surface area contributed by atoms with Crippen LogP contribution in [0.1, 0.15) is 11.6 Å². The zero-order valence-corrected chi connectivity index (χ0v) is 14.1. The number of aromatic nitrogens is 2. The largest absolute Gasteiger partial charge is 0.497 e. The highest BCUT2D eigenvalue weighted by Gasteiger charge is 2.18. The third-order valence-electron chi connectivity index (χ3n) is 3.98. The Kier molecular flexibility index (Phi) is 5.11. The predicted molar refractivity (Wildman–Crippen MR) is 97.4 cm³/mol. The fourth-order valence-corrected chi connectivity index (χ4v) is 2.61. The number of likely N-dealkylation sites (N-methyl/N-ethyl adjacent to an activating group) is 1. The lowest BCUT2D eigenvalue weighted by Gasteiger charge is -2.17. The molecule has 1 atom stereocenters. The second-order valence-electron chi connectivity index (χ2n) is 5.55. The van der Waals surface area contributed by atoms with Crippen LogP contribution in [0.5, 0.6) is 5.75 Å². The molecule has 6 nitrogen and oxygen atoms in total. The molecule has 3 aromatic rings. The second kappa shape index (κ2) is 7.63. The molecule has 1 amide bonds. The molecule has 0 aliphatic heterocycles. The lowest BCUT2D eigenvalue weighted by molar-refractivity contribution is -0.118. The van der Waals surface area contributed by atoms with E-state index in [2.05, 4.69) is 20.8 Å². The number of nitrogens with zero attached hydrogens (tertiary/aromatic N) is 1. The number of hydrogen-bond donors (Lipinski definition) is 3. The first kappa shape index (κ1) is 16.7. The minimum absolute atomic E-state index is 0.122. The minimum Gasteiger partial charge on any atom is -0.497 e. The van der Waals surface area contributed by atoms with Crippen molar-refractivity contribution in [2.45, 2.75) is 6.04 Å². The summed E-state index contributed by atoms with van der Waals surface area (Å²) in [5.41, 5.74) is 3.65. The normalized spacial score (nSPS) is 11.8. The molecule has 0 saturated carbocycles. The van der Waals surface area contributed by atoms with Crippen LogP contribution in [0.4, 0.5) is 5.69 Å². The minimum atomic E-state index is -0.445. The number of hydrogen-bond acceptors (Lipinski definition) is 4. The van der Waals surface area contributed by atoms with E-state index in [0.29, 0.717) is 0 Å². The van der Waals surface area contributed by atoms with E-state index in [1.165, 1.54) is 0 Å². The van der Waals surface area contributed by atoms with Crippen molar-refractivity contribution in [3.63, 3.8) is 0 Å². The van der Waals surface area contributed by atoms with Crippen LogP contribution in [0.3, 0.4) is 0 Å². The van der Waals surface area contributed by atoms with Crippen molar-refractivity contribution in [3.8, 4) is 16.9 Å². The number of aromatic amines is 1. The highest BCUT2D eigenvalue weighted by atomic mass is 16.5. The lowest BCUT2D eigenvalue weighted by atomic mass is 10.1. The van der Waals surface area contributed by atoms with Crippen molar-refractivity contribution in [2.24, 2.45) is 0 Å². The van der Waals surface area contributed by atoms with Gasteiger partial charge in [0.05, 0.1) is 13.3 Å². The first-order valence-corrected chi connectivity index (χ1v) is 7.92. The van der Waals surface area contributed by atoms with Crippen LogP contribution in [0.2, 0.25) is 0 Å². The molecule has 6 heteroatoms. The Morgan fingerprint density at radius 1 is 1.08 bits per heavy atom. The molecule has 0 aliphatic rings. The Labute approximate surface area is 146 Å². The molecule has 3 N–H and O–H groups in total. The van der Waals surface area contributed by atoms with Gasteiger partial charge in [-0.3, -0.25) is 9.89 Å². The van der Waals surface area contributed by atoms with Crippen LogP contribution >= 0.6 is 0 Å². The number of H-pyrrole nitrogens is 1. The van der Waals surface area contributed by atoms with E-state index < -0.39 is 6.04 Å². The number of ether oxygens (including phenoxy) is 1. The van der Waals surface area contributed by atoms with Crippen molar-refractivity contribution in [1.82, 2.24) is 15.5 Å². The van der Waals surface area contributed by atoms with E-state index in [1.54, 1.807) is 20.4 Å². The van der Waals surface area contributed by atoms with E-state index in [1.807, 2.05) is 54.7 Å². The van der Waals surface area contributed by atoms with Gasteiger partial charge in [0.1, 0.15) is 11.8 Å². The summed E-state index contributed by atoms with van der Waals surface area (Å²) in [7, 11) is 3.38. The summed E-state index contributed by atoms with van der Waals surface area (Å²) in [6.45, 7) is 0. The molecule has 1 aromatic heterocycles. The Morgan fingerprint density at radius 3 is 2.36 bits per heavy atom. The summed E-state index contributed by atoms with van der Waals surface area (Å²) in [5, 5.41) is 12.7. The van der Waals surface area contributed by atoms with E-state index in [4.69, 9.17) is 4.74 Å². The predicted octanol–water partition coefficient (Wildman–Crippen LogP) is 2.98. The lowest BCUT2D eigenvalue weighted by Crippen LogP contribution is -2.30. The molecule has 25 heavy (non-hydrogen) atoms. The monoisotopic (exact) mass is 336 g/mol. The standard InChI is InChI=1S/C19H20N4O2/c1-20-18(14-5-9-17(25-2)10-6-14)19(24)23-16-7-3-13(4-8-16)15-11-21-22-12-15/h3-12,18,20H,1-2H3,(H,21,22)(H,23,24). The molecule has 0 saturated heterocycles. The van der Waals surface area contributed by atoms with E-state index in [0.717, 1.165) is 28.1 Å². The van der Waals surface area contributed by atoms with Gasteiger partial charge in [-0.2, -0.15) is 5.10 Å². The molecule has 3 rings (SSSR count). The fourth-order valence-electron chi connectivity index (χ4n) is 2.61. The number of rotatable bonds is 6. The van der Waals surface area contributed by atoms with E-state index >= 15 is 0 Å². The summed E-state index contributed by atoms with van der Waals surface area (Å²) >= 11 is 0. The number of methoxy groups -OCH3 is 1. The Hall–Kier alpha value is -3.12. The highest BCUT2D eigenvalue weighted by Crippen LogP contribution is 2.22. The van der Waals surface area contributed by atoms with E-state index in [-0.39, 0.29) is 5.91 Å². The quantitative estimate of drug-likeness (QED) is 0.646. The molecule has 1 heterocycles. The number of carbonyl (C=O) groups is 1. The van der Waals surface area contributed by atoms with Gasteiger partial charge < -0.3 is 15.4 Å². The number of benzene rings is 2. The van der Waals surface area contributed by atoms with Gasteiger partial charge in [-0.25, -0.2) is 0 Å². The maximum atomic E-state index is 12.6. The number of amides is 1. The summed E-state index contributed by atoms with van der Waals surface area (Å²) in [6, 6.07) is 14.6. The van der Waals surface area contributed by atoms with Crippen LogP contribution in [0.25, 0.3) is 11.1 Å². The Balaban J connectivity index is 1.71. The molecular formula is C19H20N4O2. The van der Waals surface area contributed by atoms with Crippen LogP contribution < -0.4 is 15.4 Å². The fraction of sp³-hybridized carbons (Fsp3) is 0.158. The molecule has 0 bridgehead atoms. The zero-order chi connectivity index (χ0) is 17.6.